The number of phenolic OH excluding ortho intramolecular Hbond substituents is 1. The van der Waals surface area contributed by atoms with E-state index in [0.717, 1.165) is 28.9 Å². The molecule has 2 aliphatic heterocycles. The predicted molar refractivity (Wildman–Crippen MR) is 114 cm³/mol. The first-order chi connectivity index (χ1) is 13.7. The lowest BCUT2D eigenvalue weighted by Crippen LogP contribution is -2.28. The average Bonchev–Trinajstić information content (AvgIpc) is 2.65. The molecule has 4 nitrogen and oxygen atoms in total. The summed E-state index contributed by atoms with van der Waals surface area (Å²) in [7, 11) is 0. The van der Waals surface area contributed by atoms with E-state index < -0.39 is 6.10 Å². The summed E-state index contributed by atoms with van der Waals surface area (Å²) in [5.74, 6) is 1.43. The summed E-state index contributed by atoms with van der Waals surface area (Å²) in [6, 6.07) is 8.77. The lowest BCUT2D eigenvalue weighted by atomic mass is 9.91. The van der Waals surface area contributed by atoms with Gasteiger partial charge in [0, 0.05) is 11.6 Å². The highest BCUT2D eigenvalue weighted by Gasteiger charge is 2.30. The molecule has 0 amide bonds. The minimum atomic E-state index is -0.393. The van der Waals surface area contributed by atoms with Crippen LogP contribution in [0.1, 0.15) is 67.3 Å². The zero-order valence-corrected chi connectivity index (χ0v) is 17.3. The van der Waals surface area contributed by atoms with Gasteiger partial charge < -0.3 is 14.6 Å². The van der Waals surface area contributed by atoms with E-state index >= 15 is 0 Å². The standard InChI is InChI=1S/C25H26O4/c1-15(2)5-6-16-11-18(12-17-9-10-25(3,4)29-24(16)17)22-14-21(27)20-8-7-19(26)13-23(20)28-22/h5,7-13,22,26H,6,14H2,1-4H3/t22-/m1/s1. The van der Waals surface area contributed by atoms with E-state index in [1.165, 1.54) is 17.7 Å². The number of ketones is 1. The van der Waals surface area contributed by atoms with Crippen molar-refractivity contribution in [2.24, 2.45) is 0 Å². The Morgan fingerprint density at radius 3 is 2.79 bits per heavy atom. The summed E-state index contributed by atoms with van der Waals surface area (Å²) in [6.45, 7) is 8.23. The highest BCUT2D eigenvalue weighted by molar-refractivity contribution is 6.00. The van der Waals surface area contributed by atoms with Gasteiger partial charge >= 0.3 is 0 Å². The second kappa shape index (κ2) is 7.11. The first-order valence-corrected chi connectivity index (χ1v) is 9.93. The molecule has 0 aliphatic carbocycles. The number of carbonyl (C=O) groups excluding carboxylic acids is 1. The molecule has 0 unspecified atom stereocenters. The summed E-state index contributed by atoms with van der Waals surface area (Å²) in [5, 5.41) is 9.78. The Hall–Kier alpha value is -3.01. The first-order valence-electron chi connectivity index (χ1n) is 9.93. The highest BCUT2D eigenvalue weighted by atomic mass is 16.5. The van der Waals surface area contributed by atoms with E-state index in [9.17, 15) is 9.90 Å². The number of ether oxygens (including phenoxy) is 2. The molecule has 2 aromatic carbocycles. The molecule has 0 aromatic heterocycles. The van der Waals surface area contributed by atoms with Gasteiger partial charge in [-0.15, -0.1) is 0 Å². The largest absolute Gasteiger partial charge is 0.508 e. The average molecular weight is 390 g/mol. The summed E-state index contributed by atoms with van der Waals surface area (Å²) < 4.78 is 12.4. The van der Waals surface area contributed by atoms with E-state index in [1.807, 2.05) is 26.0 Å². The van der Waals surface area contributed by atoms with Crippen molar-refractivity contribution >= 4 is 11.9 Å². The number of Topliss-reactive ketones (excluding diaryl/α,β-unsaturated/α-hetero) is 1. The molecule has 0 saturated heterocycles. The molecule has 2 aliphatic rings. The van der Waals surface area contributed by atoms with Gasteiger partial charge in [0.25, 0.3) is 0 Å². The van der Waals surface area contributed by atoms with Gasteiger partial charge in [0.2, 0.25) is 0 Å². The van der Waals surface area contributed by atoms with E-state index in [0.29, 0.717) is 11.3 Å². The van der Waals surface area contributed by atoms with Gasteiger partial charge in [0.15, 0.2) is 5.78 Å². The van der Waals surface area contributed by atoms with Gasteiger partial charge in [-0.2, -0.15) is 0 Å². The van der Waals surface area contributed by atoms with E-state index in [-0.39, 0.29) is 23.6 Å². The fourth-order valence-electron chi connectivity index (χ4n) is 3.72. The van der Waals surface area contributed by atoms with Crippen LogP contribution in [0.25, 0.3) is 6.08 Å². The van der Waals surface area contributed by atoms with Gasteiger partial charge in [-0.05, 0) is 75.6 Å². The minimum Gasteiger partial charge on any atom is -0.508 e. The fourth-order valence-corrected chi connectivity index (χ4v) is 3.72. The van der Waals surface area contributed by atoms with Gasteiger partial charge in [-0.1, -0.05) is 17.7 Å². The molecule has 0 saturated carbocycles. The monoisotopic (exact) mass is 390 g/mol. The third-order valence-electron chi connectivity index (χ3n) is 5.25. The van der Waals surface area contributed by atoms with Crippen molar-refractivity contribution < 1.29 is 19.4 Å². The third-order valence-corrected chi connectivity index (χ3v) is 5.25. The van der Waals surface area contributed by atoms with Crippen LogP contribution >= 0.6 is 0 Å². The predicted octanol–water partition coefficient (Wildman–Crippen LogP) is 5.79. The number of hydrogen-bond acceptors (Lipinski definition) is 4. The molecule has 4 rings (SSSR count). The van der Waals surface area contributed by atoms with Crippen LogP contribution in [0.2, 0.25) is 0 Å². The summed E-state index contributed by atoms with van der Waals surface area (Å²) in [5.41, 5.74) is 4.42. The Labute approximate surface area is 171 Å². The van der Waals surface area contributed by atoms with Crippen molar-refractivity contribution in [3.63, 3.8) is 0 Å². The van der Waals surface area contributed by atoms with Gasteiger partial charge in [0.05, 0.1) is 12.0 Å². The molecule has 2 aromatic rings. The third kappa shape index (κ3) is 3.93. The van der Waals surface area contributed by atoms with Crippen LogP contribution in [-0.4, -0.2) is 16.5 Å². The summed E-state index contributed by atoms with van der Waals surface area (Å²) in [4.78, 5) is 12.6. The van der Waals surface area contributed by atoms with Crippen molar-refractivity contribution in [2.75, 3.05) is 0 Å². The van der Waals surface area contributed by atoms with Gasteiger partial charge in [-0.3, -0.25) is 4.79 Å². The quantitative estimate of drug-likeness (QED) is 0.674. The van der Waals surface area contributed by atoms with Crippen LogP contribution < -0.4 is 9.47 Å². The van der Waals surface area contributed by atoms with Crippen molar-refractivity contribution in [1.29, 1.82) is 0 Å². The molecule has 0 fully saturated rings. The smallest absolute Gasteiger partial charge is 0.170 e. The molecule has 1 N–H and O–H groups in total. The first kappa shape index (κ1) is 19.3. The molecular formula is C25H26O4. The zero-order chi connectivity index (χ0) is 20.8. The maximum absolute atomic E-state index is 12.6. The van der Waals surface area contributed by atoms with Crippen LogP contribution in [0.3, 0.4) is 0 Å². The van der Waals surface area contributed by atoms with Crippen LogP contribution in [0.4, 0.5) is 0 Å². The maximum Gasteiger partial charge on any atom is 0.170 e. The summed E-state index contributed by atoms with van der Waals surface area (Å²) >= 11 is 0. The fraction of sp³-hybridized carbons (Fsp3) is 0.320. The van der Waals surface area contributed by atoms with Crippen LogP contribution in [0, 0.1) is 0 Å². The number of rotatable bonds is 3. The molecule has 0 radical (unpaired) electrons. The molecule has 4 heteroatoms. The van der Waals surface area contributed by atoms with E-state index in [2.05, 4.69) is 32.1 Å². The normalized spacial score (nSPS) is 18.9. The second-order valence-corrected chi connectivity index (χ2v) is 8.54. The van der Waals surface area contributed by atoms with Gasteiger partial charge in [-0.25, -0.2) is 0 Å². The number of carbonyl (C=O) groups is 1. The van der Waals surface area contributed by atoms with E-state index in [4.69, 9.17) is 9.47 Å². The Morgan fingerprint density at radius 2 is 2.03 bits per heavy atom. The Bertz CT molecular complexity index is 1040. The molecular weight excluding hydrogens is 364 g/mol. The van der Waals surface area contributed by atoms with Crippen molar-refractivity contribution in [1.82, 2.24) is 0 Å². The zero-order valence-electron chi connectivity index (χ0n) is 17.3. The number of benzene rings is 2. The van der Waals surface area contributed by atoms with Crippen molar-refractivity contribution in [3.05, 3.63) is 70.3 Å². The second-order valence-electron chi connectivity index (χ2n) is 8.54. The number of allylic oxidation sites excluding steroid dienone is 2. The minimum absolute atomic E-state index is 0.0211. The molecule has 29 heavy (non-hydrogen) atoms. The number of fused-ring (bicyclic) bond motifs is 2. The highest BCUT2D eigenvalue weighted by Crippen LogP contribution is 2.41. The number of phenols is 1. The van der Waals surface area contributed by atoms with Crippen molar-refractivity contribution in [3.8, 4) is 17.2 Å². The molecule has 1 atom stereocenters. The van der Waals surface area contributed by atoms with E-state index in [1.54, 1.807) is 6.07 Å². The maximum atomic E-state index is 12.6. The van der Waals surface area contributed by atoms with Crippen LogP contribution in [-0.2, 0) is 6.42 Å². The molecule has 150 valence electrons. The van der Waals surface area contributed by atoms with Crippen LogP contribution in [0.5, 0.6) is 17.2 Å². The lowest BCUT2D eigenvalue weighted by Gasteiger charge is -2.31. The molecule has 0 spiro atoms. The number of hydrogen-bond donors (Lipinski definition) is 1. The molecule has 0 bridgehead atoms. The molecule has 2 heterocycles. The van der Waals surface area contributed by atoms with Crippen LogP contribution in [0.15, 0.2) is 48.1 Å². The lowest BCUT2D eigenvalue weighted by molar-refractivity contribution is 0.0849. The Morgan fingerprint density at radius 1 is 1.24 bits per heavy atom. The Kier molecular flexibility index (Phi) is 4.73. The van der Waals surface area contributed by atoms with Crippen molar-refractivity contribution in [2.45, 2.75) is 52.2 Å². The Balaban J connectivity index is 1.76. The topological polar surface area (TPSA) is 55.8 Å². The van der Waals surface area contributed by atoms with Gasteiger partial charge in [0.1, 0.15) is 29.0 Å². The number of aromatic hydroxyl groups is 1. The summed E-state index contributed by atoms with van der Waals surface area (Å²) in [6.07, 6.45) is 6.93. The SMILES string of the molecule is CC(C)=CCc1cc([C@H]2CC(=O)c3ccc(O)cc3O2)cc2c1OC(C)(C)C=C2.